The van der Waals surface area contributed by atoms with Crippen LogP contribution in [0.4, 0.5) is 8.78 Å². The first kappa shape index (κ1) is 21.3. The maximum Gasteiger partial charge on any atom is 0.314 e. The highest BCUT2D eigenvalue weighted by atomic mass is 19.3. The number of halogens is 2. The number of fused-ring (bicyclic) bond motifs is 1. The molecular formula is C23H25F2N3O3. The topological polar surface area (TPSA) is 76.3 Å². The summed E-state index contributed by atoms with van der Waals surface area (Å²) in [7, 11) is 0. The van der Waals surface area contributed by atoms with Gasteiger partial charge in [-0.3, -0.25) is 9.59 Å². The van der Waals surface area contributed by atoms with Crippen LogP contribution >= 0.6 is 0 Å². The van der Waals surface area contributed by atoms with Crippen molar-refractivity contribution in [2.75, 3.05) is 0 Å². The second kappa shape index (κ2) is 9.08. The van der Waals surface area contributed by atoms with E-state index >= 15 is 0 Å². The minimum Gasteiger partial charge on any atom is -0.415 e. The summed E-state index contributed by atoms with van der Waals surface area (Å²) >= 11 is 0. The number of benzene rings is 1. The summed E-state index contributed by atoms with van der Waals surface area (Å²) < 4.78 is 30.5. The number of hydrogen-bond donors (Lipinski definition) is 0. The van der Waals surface area contributed by atoms with Crippen LogP contribution in [-0.2, 0) is 11.3 Å². The van der Waals surface area contributed by atoms with Crippen molar-refractivity contribution >= 4 is 11.7 Å². The van der Waals surface area contributed by atoms with Crippen LogP contribution in [0.5, 0.6) is 0 Å². The van der Waals surface area contributed by atoms with Crippen LogP contribution in [0.3, 0.4) is 0 Å². The molecule has 0 N–H and O–H groups in total. The minimum atomic E-state index is -2.84. The fourth-order valence-corrected chi connectivity index (χ4v) is 4.48. The smallest absolute Gasteiger partial charge is 0.314 e. The van der Waals surface area contributed by atoms with Gasteiger partial charge in [0.2, 0.25) is 5.89 Å². The third-order valence-electron chi connectivity index (χ3n) is 6.02. The van der Waals surface area contributed by atoms with E-state index in [1.807, 2.05) is 24.0 Å². The van der Waals surface area contributed by atoms with Gasteiger partial charge in [0.05, 0.1) is 0 Å². The maximum atomic E-state index is 13.2. The number of hydrogen-bond acceptors (Lipinski definition) is 5. The summed E-state index contributed by atoms with van der Waals surface area (Å²) in [6.45, 7) is 2.48. The van der Waals surface area contributed by atoms with Gasteiger partial charge < -0.3 is 9.32 Å². The molecule has 0 radical (unpaired) electrons. The zero-order chi connectivity index (χ0) is 22.0. The summed E-state index contributed by atoms with van der Waals surface area (Å²) in [4.78, 5) is 27.0. The average Bonchev–Trinajstić information content (AvgIpc) is 3.38. The number of carbonyl (C=O) groups is 2. The van der Waals surface area contributed by atoms with Crippen LogP contribution in [0.1, 0.15) is 73.7 Å². The molecule has 8 heteroatoms. The van der Waals surface area contributed by atoms with Crippen molar-refractivity contribution in [3.63, 3.8) is 0 Å². The molecule has 31 heavy (non-hydrogen) atoms. The van der Waals surface area contributed by atoms with E-state index in [4.69, 9.17) is 4.42 Å². The molecule has 164 valence electrons. The van der Waals surface area contributed by atoms with Crippen molar-refractivity contribution in [2.24, 2.45) is 5.92 Å². The zero-order valence-corrected chi connectivity index (χ0v) is 17.4. The Balaban J connectivity index is 1.54. The van der Waals surface area contributed by atoms with Crippen molar-refractivity contribution in [2.45, 2.75) is 64.5 Å². The highest BCUT2D eigenvalue weighted by Gasteiger charge is 2.37. The molecule has 1 aliphatic carbocycles. The first-order valence-corrected chi connectivity index (χ1v) is 10.7. The van der Waals surface area contributed by atoms with E-state index in [-0.39, 0.29) is 29.5 Å². The van der Waals surface area contributed by atoms with Crippen LogP contribution in [0, 0.1) is 5.92 Å². The highest BCUT2D eigenvalue weighted by Crippen LogP contribution is 2.36. The van der Waals surface area contributed by atoms with Crippen LogP contribution in [0.15, 0.2) is 34.8 Å². The van der Waals surface area contributed by atoms with E-state index < -0.39 is 12.3 Å². The quantitative estimate of drug-likeness (QED) is 0.572. The lowest BCUT2D eigenvalue weighted by Gasteiger charge is -2.36. The summed E-state index contributed by atoms with van der Waals surface area (Å²) in [5.41, 5.74) is 1.86. The van der Waals surface area contributed by atoms with Crippen molar-refractivity contribution in [1.29, 1.82) is 0 Å². The molecule has 0 bridgehead atoms. The second-order valence-electron chi connectivity index (χ2n) is 8.14. The van der Waals surface area contributed by atoms with E-state index in [9.17, 15) is 18.4 Å². The van der Waals surface area contributed by atoms with Gasteiger partial charge in [0, 0.05) is 30.1 Å². The van der Waals surface area contributed by atoms with Crippen LogP contribution in [-0.4, -0.2) is 32.8 Å². The van der Waals surface area contributed by atoms with Crippen LogP contribution < -0.4 is 0 Å². The third kappa shape index (κ3) is 4.43. The molecule has 1 amide bonds. The molecule has 1 saturated carbocycles. The Bertz CT molecular complexity index is 1000. The predicted molar refractivity (Wildman–Crippen MR) is 109 cm³/mol. The summed E-state index contributed by atoms with van der Waals surface area (Å²) in [6.07, 6.45) is 6.13. The standard InChI is InChI=1S/C23H25F2N3O3/c1-2-5-17(29)11-10-14-6-3-4-7-19(14)28-13-16-9-8-15(12-18(16)23(28)30)21-26-27-22(31-21)20(24)25/h8-12,14,19-20H,2-7,13H2,1H3/b11-10-/t14-,19?/m0/s1. The van der Waals surface area contributed by atoms with E-state index in [0.29, 0.717) is 24.1 Å². The van der Waals surface area contributed by atoms with E-state index in [1.165, 1.54) is 0 Å². The maximum absolute atomic E-state index is 13.2. The Kier molecular flexibility index (Phi) is 6.25. The van der Waals surface area contributed by atoms with E-state index in [1.54, 1.807) is 18.2 Å². The molecule has 1 aromatic heterocycles. The van der Waals surface area contributed by atoms with Crippen LogP contribution in [0.2, 0.25) is 0 Å². The van der Waals surface area contributed by atoms with Gasteiger partial charge in [0.1, 0.15) is 0 Å². The minimum absolute atomic E-state index is 0.0303. The van der Waals surface area contributed by atoms with Gasteiger partial charge in [-0.1, -0.05) is 31.9 Å². The van der Waals surface area contributed by atoms with Gasteiger partial charge in [0.25, 0.3) is 11.8 Å². The number of amides is 1. The first-order valence-electron chi connectivity index (χ1n) is 10.7. The van der Waals surface area contributed by atoms with Crippen molar-refractivity contribution in [3.05, 3.63) is 47.4 Å². The Morgan fingerprint density at radius 1 is 1.29 bits per heavy atom. The SMILES string of the molecule is CCCC(=O)/C=C\[C@@H]1CCCCC1N1Cc2ccc(-c3nnc(C(F)F)o3)cc2C1=O. The number of nitrogens with zero attached hydrogens (tertiary/aromatic N) is 3. The number of allylic oxidation sites excluding steroid dienone is 1. The predicted octanol–water partition coefficient (Wildman–Crippen LogP) is 5.11. The molecule has 2 heterocycles. The Labute approximate surface area is 179 Å². The Morgan fingerprint density at radius 2 is 2.10 bits per heavy atom. The van der Waals surface area contributed by atoms with E-state index in [2.05, 4.69) is 10.2 Å². The number of alkyl halides is 2. The molecule has 1 aliphatic heterocycles. The number of aromatic nitrogens is 2. The molecular weight excluding hydrogens is 404 g/mol. The third-order valence-corrected chi connectivity index (χ3v) is 6.02. The molecule has 0 spiro atoms. The van der Waals surface area contributed by atoms with Crippen molar-refractivity contribution in [3.8, 4) is 11.5 Å². The second-order valence-corrected chi connectivity index (χ2v) is 8.14. The number of ketones is 1. The molecule has 1 unspecified atom stereocenters. The lowest BCUT2D eigenvalue weighted by molar-refractivity contribution is -0.114. The molecule has 2 atom stereocenters. The summed E-state index contributed by atoms with van der Waals surface area (Å²) in [6, 6.07) is 5.20. The van der Waals surface area contributed by atoms with Gasteiger partial charge in [-0.2, -0.15) is 8.78 Å². The molecule has 4 rings (SSSR count). The van der Waals surface area contributed by atoms with Crippen LogP contribution in [0.25, 0.3) is 11.5 Å². The molecule has 2 aliphatic rings. The zero-order valence-electron chi connectivity index (χ0n) is 17.4. The summed E-state index contributed by atoms with van der Waals surface area (Å²) in [5, 5.41) is 7.03. The normalized spacial score (nSPS) is 21.3. The Morgan fingerprint density at radius 3 is 2.84 bits per heavy atom. The summed E-state index contributed by atoms with van der Waals surface area (Å²) in [5.74, 6) is -0.585. The number of rotatable bonds is 7. The molecule has 1 fully saturated rings. The number of carbonyl (C=O) groups excluding carboxylic acids is 2. The molecule has 6 nitrogen and oxygen atoms in total. The first-order chi connectivity index (χ1) is 15.0. The van der Waals surface area contributed by atoms with Gasteiger partial charge in [-0.15, -0.1) is 10.2 Å². The van der Waals surface area contributed by atoms with E-state index in [0.717, 1.165) is 37.7 Å². The largest absolute Gasteiger partial charge is 0.415 e. The van der Waals surface area contributed by atoms with Gasteiger partial charge in [0.15, 0.2) is 5.78 Å². The van der Waals surface area contributed by atoms with Gasteiger partial charge >= 0.3 is 6.43 Å². The van der Waals surface area contributed by atoms with Gasteiger partial charge in [-0.25, -0.2) is 0 Å². The monoisotopic (exact) mass is 429 g/mol. The van der Waals surface area contributed by atoms with Gasteiger partial charge in [-0.05, 0) is 49.0 Å². The molecule has 0 saturated heterocycles. The average molecular weight is 429 g/mol. The Hall–Kier alpha value is -2.90. The van der Waals surface area contributed by atoms with Crippen molar-refractivity contribution in [1.82, 2.24) is 15.1 Å². The highest BCUT2D eigenvalue weighted by molar-refractivity contribution is 5.99. The fourth-order valence-electron chi connectivity index (χ4n) is 4.48. The lowest BCUT2D eigenvalue weighted by Crippen LogP contribution is -2.42. The van der Waals surface area contributed by atoms with Crippen molar-refractivity contribution < 1.29 is 22.8 Å². The molecule has 1 aromatic carbocycles. The molecule has 2 aromatic rings. The lowest BCUT2D eigenvalue weighted by atomic mass is 9.83. The fraction of sp³-hybridized carbons (Fsp3) is 0.478.